The molecule has 25 heavy (non-hydrogen) atoms. The van der Waals surface area contributed by atoms with Gasteiger partial charge in [-0.15, -0.1) is 0 Å². The summed E-state index contributed by atoms with van der Waals surface area (Å²) in [5.74, 6) is -1.44. The van der Waals surface area contributed by atoms with Crippen molar-refractivity contribution in [3.8, 4) is 0 Å². The highest BCUT2D eigenvalue weighted by molar-refractivity contribution is 6.44. The second kappa shape index (κ2) is 7.35. The number of hydrogen-bond donors (Lipinski definition) is 1. The molecular formula is C19H28N3O3+. The minimum Gasteiger partial charge on any atom is -0.316 e. The van der Waals surface area contributed by atoms with Crippen LogP contribution in [0.3, 0.4) is 0 Å². The Morgan fingerprint density at radius 3 is 2.04 bits per heavy atom. The average molecular weight is 346 g/mol. The molecule has 136 valence electrons. The molecular weight excluding hydrogens is 318 g/mol. The quantitative estimate of drug-likeness (QED) is 0.621. The monoisotopic (exact) mass is 346 g/mol. The molecule has 1 aliphatic heterocycles. The molecule has 0 aliphatic carbocycles. The normalized spacial score (nSPS) is 16.8. The van der Waals surface area contributed by atoms with Crippen LogP contribution in [-0.2, 0) is 21.5 Å². The molecule has 1 N–H and O–H groups in total. The highest BCUT2D eigenvalue weighted by Crippen LogP contribution is 2.22. The van der Waals surface area contributed by atoms with Gasteiger partial charge in [0.15, 0.2) is 6.67 Å². The Morgan fingerprint density at radius 2 is 1.52 bits per heavy atom. The van der Waals surface area contributed by atoms with Gasteiger partial charge in [0.2, 0.25) is 0 Å². The Morgan fingerprint density at radius 1 is 0.960 bits per heavy atom. The van der Waals surface area contributed by atoms with Gasteiger partial charge in [-0.1, -0.05) is 52.0 Å². The smallest absolute Gasteiger partial charge is 0.316 e. The van der Waals surface area contributed by atoms with Crippen molar-refractivity contribution in [2.24, 2.45) is 0 Å². The number of quaternary nitrogens is 1. The molecule has 0 spiro atoms. The van der Waals surface area contributed by atoms with E-state index in [9.17, 15) is 14.4 Å². The van der Waals surface area contributed by atoms with E-state index in [0.717, 1.165) is 20.3 Å². The van der Waals surface area contributed by atoms with E-state index in [1.54, 1.807) is 0 Å². The number of nitrogens with zero attached hydrogens (tertiary/aromatic N) is 2. The van der Waals surface area contributed by atoms with Crippen molar-refractivity contribution in [2.45, 2.75) is 46.1 Å². The van der Waals surface area contributed by atoms with Crippen LogP contribution in [0.1, 0.15) is 45.2 Å². The Hall–Kier alpha value is -2.21. The minimum atomic E-state index is -0.721. The van der Waals surface area contributed by atoms with Crippen molar-refractivity contribution >= 4 is 17.8 Å². The molecule has 1 atom stereocenters. The average Bonchev–Trinajstić information content (AvgIpc) is 2.73. The zero-order chi connectivity index (χ0) is 18.8. The van der Waals surface area contributed by atoms with Crippen LogP contribution in [0.4, 0.5) is 4.79 Å². The van der Waals surface area contributed by atoms with Crippen LogP contribution < -0.4 is 4.90 Å². The molecule has 0 radical (unpaired) electrons. The third-order valence-electron chi connectivity index (χ3n) is 4.34. The summed E-state index contributed by atoms with van der Waals surface area (Å²) in [6.07, 6.45) is 0.640. The largest absolute Gasteiger partial charge is 0.338 e. The van der Waals surface area contributed by atoms with Crippen LogP contribution in [0.2, 0.25) is 0 Å². The van der Waals surface area contributed by atoms with Gasteiger partial charge in [0.05, 0.1) is 7.05 Å². The van der Waals surface area contributed by atoms with Crippen molar-refractivity contribution in [1.29, 1.82) is 0 Å². The molecule has 0 saturated carbocycles. The van der Waals surface area contributed by atoms with Gasteiger partial charge in [-0.2, -0.15) is 0 Å². The van der Waals surface area contributed by atoms with E-state index < -0.39 is 17.8 Å². The molecule has 1 aromatic carbocycles. The van der Waals surface area contributed by atoms with Crippen molar-refractivity contribution in [1.82, 2.24) is 9.80 Å². The SMILES string of the molecule is CCCN1C(=O)C(=O)N(C[NH+](C)Cc2ccc(C(C)(C)C)cc2)C1=O. The summed E-state index contributed by atoms with van der Waals surface area (Å²) in [5, 5.41) is 0. The lowest BCUT2D eigenvalue weighted by Gasteiger charge is -2.21. The maximum Gasteiger partial charge on any atom is 0.338 e. The van der Waals surface area contributed by atoms with E-state index in [1.165, 1.54) is 5.56 Å². The van der Waals surface area contributed by atoms with Crippen LogP contribution in [-0.4, -0.2) is 47.9 Å². The molecule has 0 aromatic heterocycles. The molecule has 6 nitrogen and oxygen atoms in total. The summed E-state index contributed by atoms with van der Waals surface area (Å²) < 4.78 is 0. The molecule has 6 heteroatoms. The number of hydrogen-bond acceptors (Lipinski definition) is 3. The van der Waals surface area contributed by atoms with Gasteiger partial charge in [-0.3, -0.25) is 14.5 Å². The van der Waals surface area contributed by atoms with Gasteiger partial charge in [-0.25, -0.2) is 9.69 Å². The maximum absolute atomic E-state index is 12.3. The summed E-state index contributed by atoms with van der Waals surface area (Å²) in [6.45, 7) is 9.52. The number of rotatable bonds is 6. The number of urea groups is 1. The number of imide groups is 2. The summed E-state index contributed by atoms with van der Waals surface area (Å²) in [7, 11) is 1.91. The molecule has 1 heterocycles. The van der Waals surface area contributed by atoms with E-state index in [-0.39, 0.29) is 18.6 Å². The summed E-state index contributed by atoms with van der Waals surface area (Å²) >= 11 is 0. The third kappa shape index (κ3) is 4.25. The number of amides is 4. The zero-order valence-corrected chi connectivity index (χ0v) is 15.8. The number of carbonyl (C=O) groups excluding carboxylic acids is 3. The molecule has 1 saturated heterocycles. The third-order valence-corrected chi connectivity index (χ3v) is 4.34. The predicted octanol–water partition coefficient (Wildman–Crippen LogP) is 1.16. The minimum absolute atomic E-state index is 0.106. The topological polar surface area (TPSA) is 62.1 Å². The highest BCUT2D eigenvalue weighted by atomic mass is 16.2. The first-order valence-electron chi connectivity index (χ1n) is 8.73. The fraction of sp³-hybridized carbons (Fsp3) is 0.526. The second-order valence-electron chi connectivity index (χ2n) is 7.71. The first-order chi connectivity index (χ1) is 11.6. The van der Waals surface area contributed by atoms with E-state index in [4.69, 9.17) is 0 Å². The number of carbonyl (C=O) groups is 3. The van der Waals surface area contributed by atoms with E-state index >= 15 is 0 Å². The lowest BCUT2D eigenvalue weighted by Crippen LogP contribution is -3.09. The van der Waals surface area contributed by atoms with Crippen molar-refractivity contribution in [3.63, 3.8) is 0 Å². The molecule has 1 aromatic rings. The number of nitrogens with one attached hydrogen (secondary N) is 1. The first-order valence-corrected chi connectivity index (χ1v) is 8.73. The summed E-state index contributed by atoms with van der Waals surface area (Å²) in [6, 6.07) is 7.88. The molecule has 1 unspecified atom stereocenters. The fourth-order valence-electron chi connectivity index (χ4n) is 2.91. The van der Waals surface area contributed by atoms with Gasteiger partial charge in [0.1, 0.15) is 6.54 Å². The highest BCUT2D eigenvalue weighted by Gasteiger charge is 2.45. The van der Waals surface area contributed by atoms with Crippen molar-refractivity contribution in [2.75, 3.05) is 20.3 Å². The van der Waals surface area contributed by atoms with Gasteiger partial charge < -0.3 is 4.90 Å². The Kier molecular flexibility index (Phi) is 5.62. The molecule has 0 bridgehead atoms. The van der Waals surface area contributed by atoms with Crippen LogP contribution in [0.15, 0.2) is 24.3 Å². The lowest BCUT2D eigenvalue weighted by atomic mass is 9.87. The van der Waals surface area contributed by atoms with Crippen molar-refractivity contribution in [3.05, 3.63) is 35.4 Å². The lowest BCUT2D eigenvalue weighted by molar-refractivity contribution is -0.901. The zero-order valence-electron chi connectivity index (χ0n) is 15.8. The molecule has 4 amide bonds. The molecule has 2 rings (SSSR count). The van der Waals surface area contributed by atoms with Crippen molar-refractivity contribution < 1.29 is 19.3 Å². The van der Waals surface area contributed by atoms with Crippen LogP contribution in [0.25, 0.3) is 0 Å². The Balaban J connectivity index is 2.00. The van der Waals surface area contributed by atoms with E-state index in [2.05, 4.69) is 45.0 Å². The van der Waals surface area contributed by atoms with Crippen LogP contribution >= 0.6 is 0 Å². The Bertz CT molecular complexity index is 661. The maximum atomic E-state index is 12.3. The summed E-state index contributed by atoms with van der Waals surface area (Å²) in [5.41, 5.74) is 2.50. The second-order valence-corrected chi connectivity index (χ2v) is 7.71. The number of benzene rings is 1. The van der Waals surface area contributed by atoms with Gasteiger partial charge >= 0.3 is 17.8 Å². The fourth-order valence-corrected chi connectivity index (χ4v) is 2.91. The predicted molar refractivity (Wildman–Crippen MR) is 94.8 cm³/mol. The van der Waals surface area contributed by atoms with Gasteiger partial charge in [0, 0.05) is 12.1 Å². The Labute approximate surface area is 149 Å². The van der Waals surface area contributed by atoms with Crippen LogP contribution in [0, 0.1) is 0 Å². The van der Waals surface area contributed by atoms with Gasteiger partial charge in [-0.05, 0) is 17.4 Å². The van der Waals surface area contributed by atoms with E-state index in [0.29, 0.717) is 13.0 Å². The standard InChI is InChI=1S/C19H27N3O3/c1-6-11-21-16(23)17(24)22(18(21)25)13-20(5)12-14-7-9-15(10-8-14)19(2,3)4/h7-10H,6,11-13H2,1-5H3/p+1. The van der Waals surface area contributed by atoms with Crippen LogP contribution in [0.5, 0.6) is 0 Å². The first kappa shape index (κ1) is 19.1. The molecule has 1 aliphatic rings. The molecule has 1 fully saturated rings. The van der Waals surface area contributed by atoms with Gasteiger partial charge in [0.25, 0.3) is 0 Å². The van der Waals surface area contributed by atoms with E-state index in [1.807, 2.05) is 14.0 Å². The summed E-state index contributed by atoms with van der Waals surface area (Å²) in [4.78, 5) is 39.2.